The second-order valence-corrected chi connectivity index (χ2v) is 8.48. The normalized spacial score (nSPS) is 17.7. The van der Waals surface area contributed by atoms with Crippen molar-refractivity contribution in [2.75, 3.05) is 13.1 Å². The van der Waals surface area contributed by atoms with E-state index in [9.17, 15) is 9.90 Å². The number of carbonyl (C=O) groups is 1. The average molecular weight is 407 g/mol. The van der Waals surface area contributed by atoms with Crippen molar-refractivity contribution >= 4 is 38.4 Å². The molecule has 148 valence electrons. The molecule has 7 heteroatoms. The summed E-state index contributed by atoms with van der Waals surface area (Å²) in [6.45, 7) is 2.30. The largest absolute Gasteiger partial charge is 0.481 e. The number of para-hydroxylation sites is 1. The van der Waals surface area contributed by atoms with Gasteiger partial charge >= 0.3 is 5.97 Å². The lowest BCUT2D eigenvalue weighted by Crippen LogP contribution is -2.38. The Morgan fingerprint density at radius 1 is 1.31 bits per heavy atom. The van der Waals surface area contributed by atoms with E-state index in [1.807, 2.05) is 42.6 Å². The van der Waals surface area contributed by atoms with Crippen molar-refractivity contribution in [2.24, 2.45) is 5.92 Å². The lowest BCUT2D eigenvalue weighted by molar-refractivity contribution is -0.143. The first-order valence-electron chi connectivity index (χ1n) is 9.74. The van der Waals surface area contributed by atoms with Crippen LogP contribution < -0.4 is 4.74 Å². The van der Waals surface area contributed by atoms with Crippen molar-refractivity contribution in [2.45, 2.75) is 19.4 Å². The van der Waals surface area contributed by atoms with Crippen molar-refractivity contribution in [3.63, 3.8) is 0 Å². The zero-order chi connectivity index (χ0) is 19.8. The number of hydrogen-bond acceptors (Lipinski definition) is 5. The second-order valence-electron chi connectivity index (χ2n) is 7.48. The Morgan fingerprint density at radius 3 is 3.07 bits per heavy atom. The van der Waals surface area contributed by atoms with Crippen molar-refractivity contribution in [3.05, 3.63) is 54.2 Å². The number of aliphatic carboxylic acids is 1. The molecular weight excluding hydrogens is 386 g/mol. The van der Waals surface area contributed by atoms with Gasteiger partial charge in [-0.3, -0.25) is 9.69 Å². The third-order valence-corrected chi connectivity index (χ3v) is 6.38. The molecule has 0 unspecified atom stereocenters. The Balaban J connectivity index is 1.33. The van der Waals surface area contributed by atoms with Gasteiger partial charge in [-0.15, -0.1) is 0 Å². The number of nitrogens with one attached hydrogen (secondary N) is 1. The van der Waals surface area contributed by atoms with Crippen LogP contribution in [0.3, 0.4) is 0 Å². The maximum absolute atomic E-state index is 11.3. The number of aromatic amines is 1. The van der Waals surface area contributed by atoms with Crippen molar-refractivity contribution in [3.8, 4) is 10.9 Å². The van der Waals surface area contributed by atoms with Crippen LogP contribution in [0.5, 0.6) is 10.9 Å². The fourth-order valence-electron chi connectivity index (χ4n) is 4.00. The highest BCUT2D eigenvalue weighted by Crippen LogP contribution is 2.33. The smallest absolute Gasteiger partial charge is 0.307 e. The molecule has 6 nitrogen and oxygen atoms in total. The Kier molecular flexibility index (Phi) is 4.69. The third kappa shape index (κ3) is 3.71. The number of piperidine rings is 1. The van der Waals surface area contributed by atoms with Gasteiger partial charge in [-0.1, -0.05) is 23.5 Å². The molecule has 1 aliphatic rings. The van der Waals surface area contributed by atoms with Gasteiger partial charge in [0.1, 0.15) is 5.75 Å². The monoisotopic (exact) mass is 407 g/mol. The van der Waals surface area contributed by atoms with Crippen LogP contribution in [-0.2, 0) is 11.3 Å². The van der Waals surface area contributed by atoms with Crippen LogP contribution in [0.25, 0.3) is 21.1 Å². The van der Waals surface area contributed by atoms with Crippen molar-refractivity contribution in [1.82, 2.24) is 14.9 Å². The highest BCUT2D eigenvalue weighted by molar-refractivity contribution is 7.20. The molecule has 0 aliphatic carbocycles. The van der Waals surface area contributed by atoms with E-state index in [1.165, 1.54) is 16.9 Å². The van der Waals surface area contributed by atoms with Gasteiger partial charge in [-0.05, 0) is 49.2 Å². The number of carboxylic acid groups (broad SMARTS) is 1. The number of H-pyrrole nitrogens is 1. The molecule has 5 rings (SSSR count). The molecule has 0 bridgehead atoms. The highest BCUT2D eigenvalue weighted by atomic mass is 32.1. The van der Waals surface area contributed by atoms with Crippen molar-refractivity contribution in [1.29, 1.82) is 0 Å². The number of likely N-dealkylation sites (tertiary alicyclic amines) is 1. The molecule has 1 atom stereocenters. The molecule has 0 radical (unpaired) electrons. The maximum atomic E-state index is 11.3. The van der Waals surface area contributed by atoms with Gasteiger partial charge in [0.05, 0.1) is 16.1 Å². The first-order valence-corrected chi connectivity index (χ1v) is 10.6. The van der Waals surface area contributed by atoms with E-state index in [1.54, 1.807) is 0 Å². The molecule has 0 spiro atoms. The Bertz CT molecular complexity index is 1150. The van der Waals surface area contributed by atoms with E-state index in [2.05, 4.69) is 20.9 Å². The summed E-state index contributed by atoms with van der Waals surface area (Å²) in [6, 6.07) is 14.0. The van der Waals surface area contributed by atoms with Crippen LogP contribution >= 0.6 is 11.3 Å². The van der Waals surface area contributed by atoms with Crippen LogP contribution in [0.4, 0.5) is 0 Å². The lowest BCUT2D eigenvalue weighted by atomic mass is 9.98. The van der Waals surface area contributed by atoms with Crippen LogP contribution in [-0.4, -0.2) is 39.0 Å². The molecule has 2 aromatic carbocycles. The Morgan fingerprint density at radius 2 is 2.21 bits per heavy atom. The number of nitrogens with zero attached hydrogens (tertiary/aromatic N) is 2. The molecule has 1 aliphatic heterocycles. The van der Waals surface area contributed by atoms with Gasteiger partial charge in [0.15, 0.2) is 0 Å². The predicted octanol–water partition coefficient (Wildman–Crippen LogP) is 4.87. The molecule has 4 aromatic rings. The van der Waals surface area contributed by atoms with Gasteiger partial charge in [0.25, 0.3) is 5.19 Å². The summed E-state index contributed by atoms with van der Waals surface area (Å²) in [4.78, 5) is 21.4. The van der Waals surface area contributed by atoms with Crippen molar-refractivity contribution < 1.29 is 14.6 Å². The molecule has 1 saturated heterocycles. The van der Waals surface area contributed by atoms with Crippen LogP contribution in [0, 0.1) is 5.92 Å². The topological polar surface area (TPSA) is 78.5 Å². The second kappa shape index (κ2) is 7.50. The minimum atomic E-state index is -0.690. The molecule has 2 aromatic heterocycles. The summed E-state index contributed by atoms with van der Waals surface area (Å²) in [6.07, 6.45) is 3.71. The van der Waals surface area contributed by atoms with Gasteiger partial charge in [0, 0.05) is 36.3 Å². The number of aromatic nitrogens is 2. The van der Waals surface area contributed by atoms with E-state index < -0.39 is 5.97 Å². The summed E-state index contributed by atoms with van der Waals surface area (Å²) in [7, 11) is 0. The van der Waals surface area contributed by atoms with E-state index in [0.717, 1.165) is 52.8 Å². The molecule has 0 saturated carbocycles. The predicted molar refractivity (Wildman–Crippen MR) is 114 cm³/mol. The fraction of sp³-hybridized carbons (Fsp3) is 0.273. The van der Waals surface area contributed by atoms with Crippen LogP contribution in [0.15, 0.2) is 48.7 Å². The first kappa shape index (κ1) is 18.1. The summed E-state index contributed by atoms with van der Waals surface area (Å²) in [5.41, 5.74) is 3.12. The minimum Gasteiger partial charge on any atom is -0.481 e. The SMILES string of the molecule is O=C(O)[C@@H]1CCCN(Cc2c[nH]c3cc(Oc4nc5ccccc5s4)ccc23)C1. The Hall–Kier alpha value is -2.90. The number of rotatable bonds is 5. The molecule has 29 heavy (non-hydrogen) atoms. The zero-order valence-corrected chi connectivity index (χ0v) is 16.6. The Labute approximate surface area is 171 Å². The van der Waals surface area contributed by atoms with Gasteiger partial charge in [-0.25, -0.2) is 4.98 Å². The van der Waals surface area contributed by atoms with E-state index in [0.29, 0.717) is 11.7 Å². The van der Waals surface area contributed by atoms with E-state index in [-0.39, 0.29) is 5.92 Å². The maximum Gasteiger partial charge on any atom is 0.307 e. The molecule has 3 heterocycles. The first-order chi connectivity index (χ1) is 14.2. The standard InChI is InChI=1S/C22H21N3O3S/c26-21(27)14-4-3-9-25(12-14)13-15-11-23-19-10-16(7-8-17(15)19)28-22-24-18-5-1-2-6-20(18)29-22/h1-2,5-8,10-11,14,23H,3-4,9,12-13H2,(H,26,27)/t14-/m1/s1. The average Bonchev–Trinajstić information content (AvgIpc) is 3.31. The fourth-order valence-corrected chi connectivity index (χ4v) is 4.83. The molecular formula is C22H21N3O3S. The summed E-state index contributed by atoms with van der Waals surface area (Å²) in [5.74, 6) is -0.207. The molecule has 0 amide bonds. The summed E-state index contributed by atoms with van der Waals surface area (Å²) in [5, 5.41) is 11.1. The van der Waals surface area contributed by atoms with Gasteiger partial charge < -0.3 is 14.8 Å². The van der Waals surface area contributed by atoms with Gasteiger partial charge in [0.2, 0.25) is 0 Å². The number of carboxylic acids is 1. The summed E-state index contributed by atoms with van der Waals surface area (Å²) < 4.78 is 7.09. The summed E-state index contributed by atoms with van der Waals surface area (Å²) >= 11 is 1.53. The highest BCUT2D eigenvalue weighted by Gasteiger charge is 2.25. The number of ether oxygens (including phenoxy) is 1. The number of hydrogen-bond donors (Lipinski definition) is 2. The van der Waals surface area contributed by atoms with E-state index >= 15 is 0 Å². The lowest BCUT2D eigenvalue weighted by Gasteiger charge is -2.30. The number of thiazole rings is 1. The quantitative estimate of drug-likeness (QED) is 0.494. The van der Waals surface area contributed by atoms with E-state index in [4.69, 9.17) is 4.74 Å². The molecule has 1 fully saturated rings. The number of fused-ring (bicyclic) bond motifs is 2. The zero-order valence-electron chi connectivity index (χ0n) is 15.8. The van der Waals surface area contributed by atoms with Crippen LogP contribution in [0.1, 0.15) is 18.4 Å². The van der Waals surface area contributed by atoms with Crippen LogP contribution in [0.2, 0.25) is 0 Å². The third-order valence-electron chi connectivity index (χ3n) is 5.47. The van der Waals surface area contributed by atoms with Gasteiger partial charge in [-0.2, -0.15) is 0 Å². The molecule has 2 N–H and O–H groups in total. The minimum absolute atomic E-state index is 0.261. The number of benzene rings is 2.